The molecule has 8 heteroatoms. The van der Waals surface area contributed by atoms with Crippen molar-refractivity contribution < 1.29 is 13.7 Å². The molecular formula is C19H30N4O3S. The van der Waals surface area contributed by atoms with Crippen LogP contribution in [0.3, 0.4) is 0 Å². The molecule has 0 aliphatic carbocycles. The molecule has 2 heterocycles. The highest BCUT2D eigenvalue weighted by atomic mass is 32.2. The van der Waals surface area contributed by atoms with E-state index in [1.165, 1.54) is 0 Å². The molecule has 1 saturated heterocycles. The van der Waals surface area contributed by atoms with Gasteiger partial charge in [0.05, 0.1) is 17.3 Å². The van der Waals surface area contributed by atoms with Crippen LogP contribution in [0.5, 0.6) is 5.75 Å². The minimum absolute atomic E-state index is 0.0764. The zero-order chi connectivity index (χ0) is 19.8. The van der Waals surface area contributed by atoms with Crippen molar-refractivity contribution in [3.05, 3.63) is 23.8 Å². The predicted molar refractivity (Wildman–Crippen MR) is 110 cm³/mol. The fourth-order valence-corrected chi connectivity index (χ4v) is 3.97. The lowest BCUT2D eigenvalue weighted by Gasteiger charge is -2.36. The van der Waals surface area contributed by atoms with E-state index in [2.05, 4.69) is 9.12 Å². The van der Waals surface area contributed by atoms with Gasteiger partial charge < -0.3 is 15.4 Å². The number of amides is 1. The Morgan fingerprint density at radius 1 is 1.41 bits per heavy atom. The maximum atomic E-state index is 12.3. The number of rotatable bonds is 5. The van der Waals surface area contributed by atoms with Crippen LogP contribution in [-0.2, 0) is 16.0 Å². The molecule has 2 aliphatic rings. The number of fused-ring (bicyclic) bond motifs is 1. The second kappa shape index (κ2) is 10.3. The number of nitrogens with two attached hydrogens (primary N) is 1. The molecule has 0 bridgehead atoms. The van der Waals surface area contributed by atoms with E-state index in [4.69, 9.17) is 10.5 Å². The van der Waals surface area contributed by atoms with Crippen molar-refractivity contribution in [2.24, 2.45) is 10.1 Å². The summed E-state index contributed by atoms with van der Waals surface area (Å²) >= 11 is -1.56. The largest absolute Gasteiger partial charge is 0.491 e. The second-order valence-electron chi connectivity index (χ2n) is 6.30. The third kappa shape index (κ3) is 5.22. The molecule has 0 saturated carbocycles. The van der Waals surface area contributed by atoms with E-state index in [1.54, 1.807) is 6.07 Å². The first-order valence-corrected chi connectivity index (χ1v) is 10.8. The number of anilines is 1. The topological polar surface area (TPSA) is 97.0 Å². The highest BCUT2D eigenvalue weighted by Crippen LogP contribution is 2.30. The highest BCUT2D eigenvalue weighted by molar-refractivity contribution is 7.85. The predicted octanol–water partition coefficient (Wildman–Crippen LogP) is 2.98. The van der Waals surface area contributed by atoms with E-state index < -0.39 is 11.2 Å². The van der Waals surface area contributed by atoms with E-state index in [1.807, 2.05) is 37.8 Å². The van der Waals surface area contributed by atoms with Crippen LogP contribution in [0.15, 0.2) is 22.6 Å². The zero-order valence-corrected chi connectivity index (χ0v) is 17.2. The van der Waals surface area contributed by atoms with Crippen LogP contribution in [0.4, 0.5) is 5.69 Å². The number of benzene rings is 1. The molecule has 2 unspecified atom stereocenters. The van der Waals surface area contributed by atoms with Gasteiger partial charge in [-0.2, -0.15) is 4.40 Å². The third-order valence-corrected chi connectivity index (χ3v) is 5.26. The Balaban J connectivity index is 0.00000126. The smallest absolute Gasteiger partial charge is 0.245 e. The molecule has 7 nitrogen and oxygen atoms in total. The Morgan fingerprint density at radius 2 is 2.19 bits per heavy atom. The van der Waals surface area contributed by atoms with E-state index in [0.29, 0.717) is 30.0 Å². The molecule has 27 heavy (non-hydrogen) atoms. The Morgan fingerprint density at radius 3 is 2.93 bits per heavy atom. The number of nitrogens with zero attached hydrogens (tertiary/aromatic N) is 2. The fraction of sp³-hybridized carbons (Fsp3) is 0.579. The molecule has 0 aromatic heterocycles. The van der Waals surface area contributed by atoms with Gasteiger partial charge in [0.1, 0.15) is 18.2 Å². The van der Waals surface area contributed by atoms with Crippen LogP contribution < -0.4 is 15.2 Å². The number of hydrogen-bond acceptors (Lipinski definition) is 4. The molecule has 2 aliphatic heterocycles. The molecular weight excluding hydrogens is 364 g/mol. The van der Waals surface area contributed by atoms with Crippen LogP contribution in [-0.4, -0.2) is 40.0 Å². The molecule has 150 valence electrons. The number of hydrogen-bond donors (Lipinski definition) is 2. The minimum atomic E-state index is -1.56. The standard InChI is InChI=1S/C17H24N4O3S.C2H6/c1-2-6-15(22)21-10-4-3-7-12(21)11-24-14-9-5-8-13-16(14)17(18)20-25(23)19-13;1-2/h5,8-9,12,19H,2-4,6-7,10-11H2,1H3,(H2,18,20);1-2H3. The van der Waals surface area contributed by atoms with Crippen molar-refractivity contribution >= 4 is 28.6 Å². The monoisotopic (exact) mass is 394 g/mol. The van der Waals surface area contributed by atoms with Gasteiger partial charge in [0, 0.05) is 13.0 Å². The van der Waals surface area contributed by atoms with Crippen molar-refractivity contribution in [2.45, 2.75) is 58.9 Å². The lowest BCUT2D eigenvalue weighted by molar-refractivity contribution is -0.135. The van der Waals surface area contributed by atoms with Gasteiger partial charge in [0.15, 0.2) is 0 Å². The minimum Gasteiger partial charge on any atom is -0.491 e. The zero-order valence-electron chi connectivity index (χ0n) is 16.4. The van der Waals surface area contributed by atoms with Crippen LogP contribution in [0.2, 0.25) is 0 Å². The first-order valence-electron chi connectivity index (χ1n) is 9.68. The molecule has 2 atom stereocenters. The summed E-state index contributed by atoms with van der Waals surface area (Å²) in [5.41, 5.74) is 7.21. The number of amidine groups is 1. The Hall–Kier alpha value is -2.09. The van der Waals surface area contributed by atoms with Gasteiger partial charge >= 0.3 is 0 Å². The number of nitrogens with one attached hydrogen (secondary N) is 1. The quantitative estimate of drug-likeness (QED) is 0.802. The maximum Gasteiger partial charge on any atom is 0.245 e. The Labute approximate surface area is 164 Å². The van der Waals surface area contributed by atoms with Crippen LogP contribution in [0.1, 0.15) is 58.4 Å². The van der Waals surface area contributed by atoms with Crippen molar-refractivity contribution in [3.8, 4) is 5.75 Å². The summed E-state index contributed by atoms with van der Waals surface area (Å²) in [7, 11) is 0. The van der Waals surface area contributed by atoms with E-state index >= 15 is 0 Å². The summed E-state index contributed by atoms with van der Waals surface area (Å²) in [6.45, 7) is 7.23. The fourth-order valence-electron chi connectivity index (χ4n) is 3.30. The van der Waals surface area contributed by atoms with E-state index in [-0.39, 0.29) is 17.8 Å². The first-order chi connectivity index (χ1) is 13.1. The number of carbonyl (C=O) groups excluding carboxylic acids is 1. The normalized spacial score (nSPS) is 21.1. The molecule has 1 aromatic carbocycles. The van der Waals surface area contributed by atoms with E-state index in [9.17, 15) is 9.00 Å². The van der Waals surface area contributed by atoms with Gasteiger partial charge in [-0.3, -0.25) is 9.52 Å². The van der Waals surface area contributed by atoms with Crippen LogP contribution >= 0.6 is 0 Å². The molecule has 1 aromatic rings. The molecule has 1 fully saturated rings. The average Bonchev–Trinajstić information content (AvgIpc) is 2.68. The van der Waals surface area contributed by atoms with Crippen LogP contribution in [0, 0.1) is 0 Å². The van der Waals surface area contributed by atoms with Gasteiger partial charge in [-0.25, -0.2) is 4.21 Å². The molecule has 3 rings (SSSR count). The number of carbonyl (C=O) groups is 1. The molecule has 3 N–H and O–H groups in total. The lowest BCUT2D eigenvalue weighted by atomic mass is 10.0. The van der Waals surface area contributed by atoms with Crippen molar-refractivity contribution in [3.63, 3.8) is 0 Å². The van der Waals surface area contributed by atoms with Gasteiger partial charge in [0.2, 0.25) is 17.1 Å². The summed E-state index contributed by atoms with van der Waals surface area (Å²) in [6.07, 6.45) is 4.51. The molecule has 0 radical (unpaired) electrons. The van der Waals surface area contributed by atoms with Gasteiger partial charge in [-0.05, 0) is 37.8 Å². The second-order valence-corrected chi connectivity index (χ2v) is 7.19. The Kier molecular flexibility index (Phi) is 8.09. The summed E-state index contributed by atoms with van der Waals surface area (Å²) < 4.78 is 24.2. The summed E-state index contributed by atoms with van der Waals surface area (Å²) in [6, 6.07) is 5.50. The van der Waals surface area contributed by atoms with Gasteiger partial charge in [-0.1, -0.05) is 26.8 Å². The lowest BCUT2D eigenvalue weighted by Crippen LogP contribution is -2.46. The van der Waals surface area contributed by atoms with Crippen molar-refractivity contribution in [1.82, 2.24) is 4.90 Å². The van der Waals surface area contributed by atoms with Crippen molar-refractivity contribution in [1.29, 1.82) is 0 Å². The van der Waals surface area contributed by atoms with Gasteiger partial charge in [-0.15, -0.1) is 0 Å². The summed E-state index contributed by atoms with van der Waals surface area (Å²) in [4.78, 5) is 14.3. The number of ether oxygens (including phenoxy) is 1. The van der Waals surface area contributed by atoms with Gasteiger partial charge in [0.25, 0.3) is 0 Å². The average molecular weight is 395 g/mol. The highest BCUT2D eigenvalue weighted by Gasteiger charge is 2.27. The van der Waals surface area contributed by atoms with Crippen LogP contribution in [0.25, 0.3) is 0 Å². The molecule has 1 amide bonds. The molecule has 0 spiro atoms. The first kappa shape index (κ1) is 21.2. The summed E-state index contributed by atoms with van der Waals surface area (Å²) in [5.74, 6) is 0.991. The SMILES string of the molecule is CC.CCCC(=O)N1CCCCC1COc1cccc2c1C(N)=NS(=O)N2. The summed E-state index contributed by atoms with van der Waals surface area (Å²) in [5, 5.41) is 0. The maximum absolute atomic E-state index is 12.3. The third-order valence-electron chi connectivity index (χ3n) is 4.50. The Bertz CT molecular complexity index is 708. The van der Waals surface area contributed by atoms with Crippen molar-refractivity contribution in [2.75, 3.05) is 17.9 Å². The number of piperidine rings is 1. The number of likely N-dealkylation sites (tertiary alicyclic amines) is 1. The van der Waals surface area contributed by atoms with E-state index in [0.717, 1.165) is 32.2 Å².